The summed E-state index contributed by atoms with van der Waals surface area (Å²) in [5.74, 6) is 1.09. The first-order valence-corrected chi connectivity index (χ1v) is 6.84. The van der Waals surface area contributed by atoms with Crippen molar-refractivity contribution in [2.45, 2.75) is 18.4 Å². The van der Waals surface area contributed by atoms with Crippen LogP contribution in [-0.4, -0.2) is 5.75 Å². The van der Waals surface area contributed by atoms with Gasteiger partial charge in [0.1, 0.15) is 0 Å². The van der Waals surface area contributed by atoms with Crippen LogP contribution in [0.5, 0.6) is 0 Å². The van der Waals surface area contributed by atoms with E-state index in [1.807, 2.05) is 17.8 Å². The van der Waals surface area contributed by atoms with Crippen LogP contribution in [0.1, 0.15) is 12.5 Å². The maximum atomic E-state index is 5.75. The van der Waals surface area contributed by atoms with Crippen molar-refractivity contribution in [3.63, 3.8) is 0 Å². The number of hydrogen-bond donors (Lipinski definition) is 1. The molecule has 0 fully saturated rings. The number of benzene rings is 2. The van der Waals surface area contributed by atoms with Crippen LogP contribution in [0.15, 0.2) is 53.4 Å². The van der Waals surface area contributed by atoms with Gasteiger partial charge in [-0.3, -0.25) is 0 Å². The molecule has 88 valence electrons. The van der Waals surface area contributed by atoms with Crippen LogP contribution in [0.4, 0.5) is 0 Å². The zero-order valence-corrected chi connectivity index (χ0v) is 10.8. The predicted molar refractivity (Wildman–Crippen MR) is 76.2 cm³/mol. The SMILES string of the molecule is CCSc1cc(CN)cc(-c2ccccc2)c1. The Morgan fingerprint density at radius 1 is 1.00 bits per heavy atom. The molecule has 2 heteroatoms. The van der Waals surface area contributed by atoms with E-state index in [-0.39, 0.29) is 0 Å². The Morgan fingerprint density at radius 2 is 1.76 bits per heavy atom. The summed E-state index contributed by atoms with van der Waals surface area (Å²) in [6.45, 7) is 2.76. The van der Waals surface area contributed by atoms with E-state index in [0.29, 0.717) is 6.54 Å². The lowest BCUT2D eigenvalue weighted by Gasteiger charge is -2.08. The normalized spacial score (nSPS) is 10.5. The lowest BCUT2D eigenvalue weighted by atomic mass is 10.0. The fraction of sp³-hybridized carbons (Fsp3) is 0.200. The Balaban J connectivity index is 2.43. The monoisotopic (exact) mass is 243 g/mol. The van der Waals surface area contributed by atoms with Crippen LogP contribution in [0.25, 0.3) is 11.1 Å². The molecule has 0 aliphatic carbocycles. The molecular formula is C15H17NS. The molecule has 0 radical (unpaired) electrons. The van der Waals surface area contributed by atoms with E-state index < -0.39 is 0 Å². The van der Waals surface area contributed by atoms with Crippen molar-refractivity contribution in [1.29, 1.82) is 0 Å². The molecule has 1 nitrogen and oxygen atoms in total. The van der Waals surface area contributed by atoms with Crippen molar-refractivity contribution >= 4 is 11.8 Å². The summed E-state index contributed by atoms with van der Waals surface area (Å²) >= 11 is 1.86. The molecule has 0 spiro atoms. The van der Waals surface area contributed by atoms with Crippen molar-refractivity contribution < 1.29 is 0 Å². The summed E-state index contributed by atoms with van der Waals surface area (Å²) in [5.41, 5.74) is 9.45. The molecule has 0 aliphatic rings. The van der Waals surface area contributed by atoms with E-state index in [1.54, 1.807) is 0 Å². The van der Waals surface area contributed by atoms with E-state index >= 15 is 0 Å². The Kier molecular flexibility index (Phi) is 4.24. The van der Waals surface area contributed by atoms with Gasteiger partial charge in [-0.15, -0.1) is 11.8 Å². The molecule has 2 N–H and O–H groups in total. The summed E-state index contributed by atoms with van der Waals surface area (Å²) in [7, 11) is 0. The van der Waals surface area contributed by atoms with Crippen molar-refractivity contribution in [1.82, 2.24) is 0 Å². The van der Waals surface area contributed by atoms with E-state index in [4.69, 9.17) is 5.73 Å². The second-order valence-electron chi connectivity index (χ2n) is 3.87. The Bertz CT molecular complexity index is 480. The molecule has 2 aromatic carbocycles. The summed E-state index contributed by atoms with van der Waals surface area (Å²) in [5, 5.41) is 0. The molecule has 0 bridgehead atoms. The maximum Gasteiger partial charge on any atom is 0.0178 e. The molecular weight excluding hydrogens is 226 g/mol. The molecule has 0 atom stereocenters. The summed E-state index contributed by atoms with van der Waals surface area (Å²) in [4.78, 5) is 1.30. The minimum absolute atomic E-state index is 0.595. The second-order valence-corrected chi connectivity index (χ2v) is 5.21. The second kappa shape index (κ2) is 5.89. The van der Waals surface area contributed by atoms with Gasteiger partial charge in [0.25, 0.3) is 0 Å². The van der Waals surface area contributed by atoms with Gasteiger partial charge in [0.05, 0.1) is 0 Å². The van der Waals surface area contributed by atoms with Crippen molar-refractivity contribution in [3.05, 3.63) is 54.1 Å². The molecule has 0 saturated heterocycles. The lowest BCUT2D eigenvalue weighted by Crippen LogP contribution is -1.97. The first kappa shape index (κ1) is 12.2. The van der Waals surface area contributed by atoms with Crippen LogP contribution in [0.3, 0.4) is 0 Å². The van der Waals surface area contributed by atoms with Gasteiger partial charge in [-0.25, -0.2) is 0 Å². The van der Waals surface area contributed by atoms with Gasteiger partial charge in [0.15, 0.2) is 0 Å². The fourth-order valence-corrected chi connectivity index (χ4v) is 2.60. The van der Waals surface area contributed by atoms with Gasteiger partial charge in [-0.05, 0) is 40.6 Å². The van der Waals surface area contributed by atoms with Crippen LogP contribution < -0.4 is 5.73 Å². The summed E-state index contributed by atoms with van der Waals surface area (Å²) < 4.78 is 0. The van der Waals surface area contributed by atoms with Gasteiger partial charge < -0.3 is 5.73 Å². The van der Waals surface area contributed by atoms with Gasteiger partial charge in [-0.2, -0.15) is 0 Å². The highest BCUT2D eigenvalue weighted by molar-refractivity contribution is 7.99. The summed E-state index contributed by atoms with van der Waals surface area (Å²) in [6, 6.07) is 17.0. The van der Waals surface area contributed by atoms with Crippen molar-refractivity contribution in [3.8, 4) is 11.1 Å². The third-order valence-corrected chi connectivity index (χ3v) is 3.48. The van der Waals surface area contributed by atoms with E-state index in [9.17, 15) is 0 Å². The highest BCUT2D eigenvalue weighted by Gasteiger charge is 2.02. The Morgan fingerprint density at radius 3 is 2.41 bits per heavy atom. The van der Waals surface area contributed by atoms with Gasteiger partial charge in [0, 0.05) is 11.4 Å². The van der Waals surface area contributed by atoms with E-state index in [0.717, 1.165) is 5.75 Å². The summed E-state index contributed by atoms with van der Waals surface area (Å²) in [6.07, 6.45) is 0. The Hall–Kier alpha value is -1.25. The van der Waals surface area contributed by atoms with E-state index in [2.05, 4.69) is 49.4 Å². The average molecular weight is 243 g/mol. The van der Waals surface area contributed by atoms with Crippen LogP contribution in [0, 0.1) is 0 Å². The highest BCUT2D eigenvalue weighted by Crippen LogP contribution is 2.27. The number of hydrogen-bond acceptors (Lipinski definition) is 2. The average Bonchev–Trinajstić information content (AvgIpc) is 2.40. The molecule has 0 amide bonds. The molecule has 2 aromatic rings. The number of rotatable bonds is 4. The van der Waals surface area contributed by atoms with Crippen LogP contribution in [0.2, 0.25) is 0 Å². The molecule has 0 aromatic heterocycles. The van der Waals surface area contributed by atoms with Crippen molar-refractivity contribution in [2.24, 2.45) is 5.73 Å². The first-order valence-electron chi connectivity index (χ1n) is 5.85. The molecule has 17 heavy (non-hydrogen) atoms. The first-order chi connectivity index (χ1) is 8.33. The molecule has 0 unspecified atom stereocenters. The van der Waals surface area contributed by atoms with Crippen LogP contribution in [-0.2, 0) is 6.54 Å². The topological polar surface area (TPSA) is 26.0 Å². The predicted octanol–water partition coefficient (Wildman–Crippen LogP) is 3.92. The number of thioether (sulfide) groups is 1. The largest absolute Gasteiger partial charge is 0.326 e. The lowest BCUT2D eigenvalue weighted by molar-refractivity contribution is 1.06. The minimum atomic E-state index is 0.595. The number of nitrogens with two attached hydrogens (primary N) is 1. The quantitative estimate of drug-likeness (QED) is 0.824. The molecule has 2 rings (SSSR count). The zero-order chi connectivity index (χ0) is 12.1. The smallest absolute Gasteiger partial charge is 0.0178 e. The third-order valence-electron chi connectivity index (χ3n) is 2.62. The van der Waals surface area contributed by atoms with Crippen molar-refractivity contribution in [2.75, 3.05) is 5.75 Å². The van der Waals surface area contributed by atoms with Gasteiger partial charge in [0.2, 0.25) is 0 Å². The fourth-order valence-electron chi connectivity index (χ4n) is 1.83. The zero-order valence-electron chi connectivity index (χ0n) is 10.0. The minimum Gasteiger partial charge on any atom is -0.326 e. The third kappa shape index (κ3) is 3.11. The standard InChI is InChI=1S/C15H17NS/c1-2-17-15-9-12(11-16)8-14(10-15)13-6-4-3-5-7-13/h3-10H,2,11,16H2,1H3. The Labute approximate surface area is 107 Å². The van der Waals surface area contributed by atoms with Crippen LogP contribution >= 0.6 is 11.8 Å². The molecule has 0 heterocycles. The van der Waals surface area contributed by atoms with Gasteiger partial charge in [-0.1, -0.05) is 37.3 Å². The van der Waals surface area contributed by atoms with E-state index in [1.165, 1.54) is 21.6 Å². The maximum absolute atomic E-state index is 5.75. The van der Waals surface area contributed by atoms with Gasteiger partial charge >= 0.3 is 0 Å². The molecule has 0 saturated carbocycles. The highest BCUT2D eigenvalue weighted by atomic mass is 32.2. The molecule has 0 aliphatic heterocycles.